The molecule has 0 nitrogen and oxygen atoms in total. The second-order valence-electron chi connectivity index (χ2n) is 2.86. The first kappa shape index (κ1) is 8.75. The van der Waals surface area contributed by atoms with Crippen molar-refractivity contribution in [3.05, 3.63) is 58.2 Å². The molecule has 0 amide bonds. The van der Waals surface area contributed by atoms with Crippen LogP contribution in [0.2, 0.25) is 0 Å². The molecule has 0 unspecified atom stereocenters. The van der Waals surface area contributed by atoms with Crippen molar-refractivity contribution in [3.8, 4) is 11.1 Å². The molecule has 0 fully saturated rings. The van der Waals surface area contributed by atoms with Gasteiger partial charge in [-0.05, 0) is 17.7 Å². The number of hydrogen-bond acceptors (Lipinski definition) is 0. The Balaban J connectivity index is 2.54. The van der Waals surface area contributed by atoms with Gasteiger partial charge in [-0.25, -0.2) is 0 Å². The third-order valence-corrected chi connectivity index (χ3v) is 2.99. The van der Waals surface area contributed by atoms with Crippen LogP contribution in [0.1, 0.15) is 0 Å². The lowest BCUT2D eigenvalue weighted by Gasteiger charge is -1.98. The second kappa shape index (κ2) is 3.92. The van der Waals surface area contributed by atoms with Crippen molar-refractivity contribution in [1.82, 2.24) is 0 Å². The molecule has 0 atom stereocenters. The first-order chi connectivity index (χ1) is 6.38. The van der Waals surface area contributed by atoms with Gasteiger partial charge in [-0.2, -0.15) is 0 Å². The van der Waals surface area contributed by atoms with Crippen LogP contribution in [0.5, 0.6) is 0 Å². The summed E-state index contributed by atoms with van der Waals surface area (Å²) in [5, 5.41) is 0. The topological polar surface area (TPSA) is 0 Å². The highest BCUT2D eigenvalue weighted by Gasteiger charge is 2.05. The maximum absolute atomic E-state index is 2.16. The lowest BCUT2D eigenvalue weighted by molar-refractivity contribution is -0.326. The van der Waals surface area contributed by atoms with Gasteiger partial charge in [0.25, 0.3) is 22.6 Å². The third-order valence-electron chi connectivity index (χ3n) is 1.97. The van der Waals surface area contributed by atoms with E-state index in [0.29, 0.717) is 0 Å². The van der Waals surface area contributed by atoms with E-state index in [-0.39, 0.29) is 0 Å². The van der Waals surface area contributed by atoms with Gasteiger partial charge in [0.15, 0.2) is 3.57 Å². The molecule has 0 saturated heterocycles. The van der Waals surface area contributed by atoms with Gasteiger partial charge in [0, 0.05) is 5.56 Å². The van der Waals surface area contributed by atoms with Crippen molar-refractivity contribution in [2.45, 2.75) is 0 Å². The molecular formula is C12H10I+. The van der Waals surface area contributed by atoms with Crippen LogP contribution in [0.25, 0.3) is 11.1 Å². The lowest BCUT2D eigenvalue weighted by Crippen LogP contribution is -3.34. The summed E-state index contributed by atoms with van der Waals surface area (Å²) in [6, 6.07) is 18.9. The Hall–Kier alpha value is -0.830. The van der Waals surface area contributed by atoms with Gasteiger partial charge >= 0.3 is 0 Å². The van der Waals surface area contributed by atoms with Crippen LogP contribution in [0.4, 0.5) is 0 Å². The van der Waals surface area contributed by atoms with Gasteiger partial charge in [0.1, 0.15) is 0 Å². The average molecular weight is 281 g/mol. The van der Waals surface area contributed by atoms with Gasteiger partial charge in [-0.3, -0.25) is 0 Å². The molecule has 0 N–H and O–H groups in total. The molecule has 0 aromatic heterocycles. The monoisotopic (exact) mass is 281 g/mol. The van der Waals surface area contributed by atoms with Crippen molar-refractivity contribution in [2.24, 2.45) is 0 Å². The molecule has 0 aliphatic heterocycles. The van der Waals surface area contributed by atoms with Crippen LogP contribution >= 0.6 is 0 Å². The van der Waals surface area contributed by atoms with E-state index >= 15 is 0 Å². The predicted octanol–water partition coefficient (Wildman–Crippen LogP) is -0.191. The van der Waals surface area contributed by atoms with E-state index in [2.05, 4.69) is 71.1 Å². The van der Waals surface area contributed by atoms with Gasteiger partial charge in [-0.1, -0.05) is 42.5 Å². The Kier molecular flexibility index (Phi) is 2.64. The summed E-state index contributed by atoms with van der Waals surface area (Å²) in [5.74, 6) is 0. The summed E-state index contributed by atoms with van der Waals surface area (Å²) < 4.78 is 1.34. The molecular weight excluding hydrogens is 271 g/mol. The van der Waals surface area contributed by atoms with Crippen LogP contribution in [0.15, 0.2) is 54.6 Å². The zero-order chi connectivity index (χ0) is 9.10. The van der Waals surface area contributed by atoms with E-state index in [1.165, 1.54) is 14.7 Å². The lowest BCUT2D eigenvalue weighted by atomic mass is 10.1. The Morgan fingerprint density at radius 1 is 0.692 bits per heavy atom. The number of rotatable bonds is 1. The predicted molar refractivity (Wildman–Crippen MR) is 52.0 cm³/mol. The highest BCUT2D eigenvalue weighted by atomic mass is 127. The van der Waals surface area contributed by atoms with E-state index in [9.17, 15) is 0 Å². The van der Waals surface area contributed by atoms with E-state index in [1.807, 2.05) is 6.07 Å². The first-order valence-corrected chi connectivity index (χ1v) is 5.36. The van der Waals surface area contributed by atoms with E-state index in [1.54, 1.807) is 0 Å². The van der Waals surface area contributed by atoms with Crippen LogP contribution in [-0.2, 0) is 0 Å². The summed E-state index contributed by atoms with van der Waals surface area (Å²) in [4.78, 5) is 0. The maximum atomic E-state index is 2.16. The molecule has 1 heteroatoms. The number of halogens is 1. The van der Waals surface area contributed by atoms with E-state index in [4.69, 9.17) is 0 Å². The van der Waals surface area contributed by atoms with Crippen molar-refractivity contribution in [3.63, 3.8) is 0 Å². The summed E-state index contributed by atoms with van der Waals surface area (Å²) in [6.07, 6.45) is 0. The summed E-state index contributed by atoms with van der Waals surface area (Å²) in [7, 11) is 0. The zero-order valence-electron chi connectivity index (χ0n) is 7.10. The minimum atomic E-state index is 1.29. The van der Waals surface area contributed by atoms with Crippen LogP contribution < -0.4 is 22.6 Å². The van der Waals surface area contributed by atoms with Crippen LogP contribution in [0, 0.1) is 3.57 Å². The molecule has 2 aromatic carbocycles. The molecule has 0 heterocycles. The fourth-order valence-corrected chi connectivity index (χ4v) is 2.08. The third kappa shape index (κ3) is 1.91. The Labute approximate surface area is 91.8 Å². The minimum Gasteiger partial charge on any atom is -0.0622 e. The highest BCUT2D eigenvalue weighted by Crippen LogP contribution is 2.17. The average Bonchev–Trinajstić information content (AvgIpc) is 2.20. The Bertz CT molecular complexity index is 393. The maximum Gasteiger partial charge on any atom is 0.297 e. The van der Waals surface area contributed by atoms with Crippen molar-refractivity contribution >= 4 is 0 Å². The van der Waals surface area contributed by atoms with Gasteiger partial charge in [0.2, 0.25) is 0 Å². The van der Waals surface area contributed by atoms with Gasteiger partial charge in [0.05, 0.1) is 0 Å². The van der Waals surface area contributed by atoms with Gasteiger partial charge in [-0.15, -0.1) is 0 Å². The van der Waals surface area contributed by atoms with Gasteiger partial charge < -0.3 is 0 Å². The first-order valence-electron chi connectivity index (χ1n) is 4.19. The minimum absolute atomic E-state index is 1.29. The molecule has 0 spiro atoms. The number of benzene rings is 2. The zero-order valence-corrected chi connectivity index (χ0v) is 9.43. The largest absolute Gasteiger partial charge is 0.297 e. The van der Waals surface area contributed by atoms with Crippen LogP contribution in [0.3, 0.4) is 0 Å². The van der Waals surface area contributed by atoms with Crippen molar-refractivity contribution in [2.75, 3.05) is 0 Å². The summed E-state index contributed by atoms with van der Waals surface area (Å²) in [5.41, 5.74) is 2.62. The Morgan fingerprint density at radius 2 is 1.31 bits per heavy atom. The van der Waals surface area contributed by atoms with Crippen LogP contribution in [-0.4, -0.2) is 0 Å². The fraction of sp³-hybridized carbons (Fsp3) is 0. The van der Waals surface area contributed by atoms with E-state index < -0.39 is 0 Å². The number of hydrogen-bond donors (Lipinski definition) is 0. The SMILES string of the molecule is [IH+]c1ccccc1-c1ccccc1. The quantitative estimate of drug-likeness (QED) is 0.636. The molecule has 13 heavy (non-hydrogen) atoms. The highest BCUT2D eigenvalue weighted by molar-refractivity contribution is 5.62. The fourth-order valence-electron chi connectivity index (χ4n) is 1.32. The molecule has 64 valence electrons. The molecule has 0 radical (unpaired) electrons. The second-order valence-corrected chi connectivity index (χ2v) is 4.12. The summed E-state index contributed by atoms with van der Waals surface area (Å²) in [6.45, 7) is 0. The molecule has 0 saturated carbocycles. The smallest absolute Gasteiger partial charge is 0.0622 e. The summed E-state index contributed by atoms with van der Waals surface area (Å²) >= 11 is 2.07. The molecule has 2 rings (SSSR count). The normalized spacial score (nSPS) is 9.92. The van der Waals surface area contributed by atoms with Crippen molar-refractivity contribution in [1.29, 1.82) is 0 Å². The Morgan fingerprint density at radius 3 is 2.00 bits per heavy atom. The molecule has 0 aliphatic carbocycles. The molecule has 0 aliphatic rings. The van der Waals surface area contributed by atoms with E-state index in [0.717, 1.165) is 0 Å². The molecule has 2 aromatic rings. The molecule has 0 bridgehead atoms. The standard InChI is InChI=1S/C12H10I/c13-12-9-5-4-8-11(12)10-6-2-1-3-7-10/h1-9,13H/q+1. The van der Waals surface area contributed by atoms with Crippen molar-refractivity contribution < 1.29 is 22.6 Å².